The first kappa shape index (κ1) is 15.5. The molecule has 1 unspecified atom stereocenters. The predicted octanol–water partition coefficient (Wildman–Crippen LogP) is 3.47. The Morgan fingerprint density at radius 2 is 1.81 bits per heavy atom. The number of nitrogens with two attached hydrogens (primary N) is 1. The van der Waals surface area contributed by atoms with Gasteiger partial charge in [0.1, 0.15) is 0 Å². The van der Waals surface area contributed by atoms with Crippen LogP contribution in [-0.4, -0.2) is 20.8 Å². The lowest BCUT2D eigenvalue weighted by atomic mass is 10.1. The zero-order valence-electron chi connectivity index (χ0n) is 12.1. The maximum Gasteiger partial charge on any atom is 0.179 e. The zero-order chi connectivity index (χ0) is 15.2. The summed E-state index contributed by atoms with van der Waals surface area (Å²) in [5.74, 6) is 1.12. The molecule has 0 spiro atoms. The molecule has 2 aromatic rings. The number of nitrogens with one attached hydrogen (secondary N) is 1. The molecule has 5 heteroatoms. The summed E-state index contributed by atoms with van der Waals surface area (Å²) in [6.45, 7) is 0.407. The molecule has 0 heterocycles. The smallest absolute Gasteiger partial charge is 0.179 e. The van der Waals surface area contributed by atoms with Gasteiger partial charge in [-0.3, -0.25) is 0 Å². The Bertz CT molecular complexity index is 590. The average molecular weight is 307 g/mol. The van der Waals surface area contributed by atoms with Crippen LogP contribution in [0.5, 0.6) is 11.5 Å². The van der Waals surface area contributed by atoms with E-state index in [1.54, 1.807) is 14.2 Å². The van der Waals surface area contributed by atoms with Gasteiger partial charge in [0.05, 0.1) is 25.3 Å². The summed E-state index contributed by atoms with van der Waals surface area (Å²) >= 11 is 6.43. The molecule has 0 aliphatic heterocycles. The second-order valence-electron chi connectivity index (χ2n) is 4.50. The molecule has 0 fully saturated rings. The van der Waals surface area contributed by atoms with Crippen molar-refractivity contribution in [1.82, 2.24) is 0 Å². The van der Waals surface area contributed by atoms with Crippen LogP contribution in [0.3, 0.4) is 0 Å². The summed E-state index contributed by atoms with van der Waals surface area (Å²) in [5, 5.41) is 3.88. The minimum absolute atomic E-state index is 0.111. The Hall–Kier alpha value is -1.91. The Morgan fingerprint density at radius 3 is 2.38 bits per heavy atom. The number of hydrogen-bond acceptors (Lipinski definition) is 4. The quantitative estimate of drug-likeness (QED) is 0.858. The number of anilines is 1. The van der Waals surface area contributed by atoms with Gasteiger partial charge in [-0.2, -0.15) is 0 Å². The van der Waals surface area contributed by atoms with Crippen molar-refractivity contribution in [2.24, 2.45) is 5.73 Å². The van der Waals surface area contributed by atoms with Crippen LogP contribution in [0.1, 0.15) is 11.6 Å². The second kappa shape index (κ2) is 7.20. The second-order valence-corrected chi connectivity index (χ2v) is 4.88. The number of methoxy groups -OCH3 is 2. The van der Waals surface area contributed by atoms with E-state index in [-0.39, 0.29) is 6.04 Å². The van der Waals surface area contributed by atoms with Gasteiger partial charge < -0.3 is 20.5 Å². The summed E-state index contributed by atoms with van der Waals surface area (Å²) in [6, 6.07) is 13.5. The van der Waals surface area contributed by atoms with E-state index in [0.717, 1.165) is 11.3 Å². The molecule has 0 aliphatic rings. The standard InChI is InChI=1S/C16H19ClN2O2/c1-20-14-9-8-12(15(17)16(14)21-2)13(10-18)19-11-6-4-3-5-7-11/h3-9,13,19H,10,18H2,1-2H3. The van der Waals surface area contributed by atoms with Crippen LogP contribution < -0.4 is 20.5 Å². The van der Waals surface area contributed by atoms with Gasteiger partial charge >= 0.3 is 0 Å². The molecule has 4 nitrogen and oxygen atoms in total. The molecule has 0 aliphatic carbocycles. The van der Waals surface area contributed by atoms with Crippen molar-refractivity contribution in [3.63, 3.8) is 0 Å². The van der Waals surface area contributed by atoms with Crippen molar-refractivity contribution in [2.75, 3.05) is 26.1 Å². The average Bonchev–Trinajstić information content (AvgIpc) is 2.53. The van der Waals surface area contributed by atoms with Gasteiger partial charge in [-0.05, 0) is 23.8 Å². The van der Waals surface area contributed by atoms with E-state index < -0.39 is 0 Å². The third-order valence-corrected chi connectivity index (χ3v) is 3.63. The van der Waals surface area contributed by atoms with E-state index in [4.69, 9.17) is 26.8 Å². The van der Waals surface area contributed by atoms with Crippen LogP contribution >= 0.6 is 11.6 Å². The lowest BCUT2D eigenvalue weighted by Gasteiger charge is -2.21. The SMILES string of the molecule is COc1ccc(C(CN)Nc2ccccc2)c(Cl)c1OC. The van der Waals surface area contributed by atoms with Crippen LogP contribution in [0.4, 0.5) is 5.69 Å². The fourth-order valence-corrected chi connectivity index (χ4v) is 2.54. The van der Waals surface area contributed by atoms with Gasteiger partial charge in [0, 0.05) is 12.2 Å². The topological polar surface area (TPSA) is 56.5 Å². The molecule has 1 atom stereocenters. The number of benzene rings is 2. The van der Waals surface area contributed by atoms with Crippen molar-refractivity contribution in [2.45, 2.75) is 6.04 Å². The molecule has 0 bridgehead atoms. The Morgan fingerprint density at radius 1 is 1.10 bits per heavy atom. The maximum absolute atomic E-state index is 6.43. The molecule has 0 radical (unpaired) electrons. The highest BCUT2D eigenvalue weighted by Gasteiger charge is 2.19. The van der Waals surface area contributed by atoms with Crippen LogP contribution in [-0.2, 0) is 0 Å². The van der Waals surface area contributed by atoms with E-state index in [0.29, 0.717) is 23.1 Å². The van der Waals surface area contributed by atoms with E-state index in [9.17, 15) is 0 Å². The minimum Gasteiger partial charge on any atom is -0.493 e. The van der Waals surface area contributed by atoms with Crippen molar-refractivity contribution in [3.8, 4) is 11.5 Å². The highest BCUT2D eigenvalue weighted by molar-refractivity contribution is 6.33. The minimum atomic E-state index is -0.111. The van der Waals surface area contributed by atoms with Gasteiger partial charge in [0.15, 0.2) is 11.5 Å². The van der Waals surface area contributed by atoms with Crippen molar-refractivity contribution in [1.29, 1.82) is 0 Å². The molecule has 2 aromatic carbocycles. The summed E-state index contributed by atoms with van der Waals surface area (Å²) in [4.78, 5) is 0. The summed E-state index contributed by atoms with van der Waals surface area (Å²) in [6.07, 6.45) is 0. The van der Waals surface area contributed by atoms with Gasteiger partial charge in [0.25, 0.3) is 0 Å². The lowest BCUT2D eigenvalue weighted by molar-refractivity contribution is 0.354. The van der Waals surface area contributed by atoms with Crippen LogP contribution in [0.2, 0.25) is 5.02 Å². The molecular formula is C16H19ClN2O2. The largest absolute Gasteiger partial charge is 0.493 e. The first-order chi connectivity index (χ1) is 10.2. The number of rotatable bonds is 6. The predicted molar refractivity (Wildman–Crippen MR) is 86.4 cm³/mol. The van der Waals surface area contributed by atoms with Gasteiger partial charge in [0.2, 0.25) is 0 Å². The number of halogens is 1. The summed E-state index contributed by atoms with van der Waals surface area (Å²) in [7, 11) is 3.14. The van der Waals surface area contributed by atoms with Gasteiger partial charge in [-0.15, -0.1) is 0 Å². The maximum atomic E-state index is 6.43. The third kappa shape index (κ3) is 3.40. The van der Waals surface area contributed by atoms with Crippen LogP contribution in [0.25, 0.3) is 0 Å². The molecule has 112 valence electrons. The Balaban J connectivity index is 2.34. The normalized spacial score (nSPS) is 11.8. The van der Waals surface area contributed by atoms with E-state index in [1.165, 1.54) is 0 Å². The fourth-order valence-electron chi connectivity index (χ4n) is 2.17. The van der Waals surface area contributed by atoms with Crippen molar-refractivity contribution >= 4 is 17.3 Å². The third-order valence-electron chi connectivity index (χ3n) is 3.24. The van der Waals surface area contributed by atoms with E-state index in [1.807, 2.05) is 42.5 Å². The Kier molecular flexibility index (Phi) is 5.31. The first-order valence-corrected chi connectivity index (χ1v) is 7.01. The van der Waals surface area contributed by atoms with Crippen LogP contribution in [0.15, 0.2) is 42.5 Å². The highest BCUT2D eigenvalue weighted by Crippen LogP contribution is 2.40. The summed E-state index contributed by atoms with van der Waals surface area (Å²) in [5.41, 5.74) is 7.75. The Labute approximate surface area is 129 Å². The molecular weight excluding hydrogens is 288 g/mol. The molecule has 0 aromatic heterocycles. The molecule has 3 N–H and O–H groups in total. The van der Waals surface area contributed by atoms with Crippen molar-refractivity contribution < 1.29 is 9.47 Å². The highest BCUT2D eigenvalue weighted by atomic mass is 35.5. The molecule has 0 saturated carbocycles. The van der Waals surface area contributed by atoms with Gasteiger partial charge in [-0.1, -0.05) is 35.9 Å². The lowest BCUT2D eigenvalue weighted by Crippen LogP contribution is -2.21. The van der Waals surface area contributed by atoms with Gasteiger partial charge in [-0.25, -0.2) is 0 Å². The number of ether oxygens (including phenoxy) is 2. The monoisotopic (exact) mass is 306 g/mol. The molecule has 0 saturated heterocycles. The fraction of sp³-hybridized carbons (Fsp3) is 0.250. The summed E-state index contributed by atoms with van der Waals surface area (Å²) < 4.78 is 10.6. The van der Waals surface area contributed by atoms with E-state index >= 15 is 0 Å². The number of hydrogen-bond donors (Lipinski definition) is 2. The number of para-hydroxylation sites is 1. The zero-order valence-corrected chi connectivity index (χ0v) is 12.9. The first-order valence-electron chi connectivity index (χ1n) is 6.63. The molecule has 0 amide bonds. The molecule has 2 rings (SSSR count). The van der Waals surface area contributed by atoms with E-state index in [2.05, 4.69) is 5.32 Å². The molecule has 21 heavy (non-hydrogen) atoms. The van der Waals surface area contributed by atoms with Crippen molar-refractivity contribution in [3.05, 3.63) is 53.1 Å². The van der Waals surface area contributed by atoms with Crippen LogP contribution in [0, 0.1) is 0 Å².